The highest BCUT2D eigenvalue weighted by Crippen LogP contribution is 2.31. The summed E-state index contributed by atoms with van der Waals surface area (Å²) < 4.78 is 13.9. The first kappa shape index (κ1) is 13.0. The first-order valence-corrected chi connectivity index (χ1v) is 6.27. The second-order valence-corrected chi connectivity index (χ2v) is 5.22. The van der Waals surface area contributed by atoms with Gasteiger partial charge < -0.3 is 10.4 Å². The van der Waals surface area contributed by atoms with Gasteiger partial charge in [0, 0.05) is 17.7 Å². The Hall–Kier alpha value is -1.42. The van der Waals surface area contributed by atoms with E-state index < -0.39 is 11.9 Å². The van der Waals surface area contributed by atoms with Gasteiger partial charge in [0.15, 0.2) is 0 Å². The molecule has 1 unspecified atom stereocenters. The fraction of sp³-hybridized carbons (Fsp3) is 0.500. The number of hydrogen-bond donors (Lipinski definition) is 2. The molecule has 0 fully saturated rings. The zero-order valence-corrected chi connectivity index (χ0v) is 10.7. The fourth-order valence-electron chi connectivity index (χ4n) is 2.25. The predicted molar refractivity (Wildman–Crippen MR) is 67.8 cm³/mol. The lowest BCUT2D eigenvalue weighted by molar-refractivity contribution is -0.116. The molecule has 1 aliphatic heterocycles. The molecule has 0 aromatic heterocycles. The molecule has 1 atom stereocenters. The van der Waals surface area contributed by atoms with Gasteiger partial charge in [0.1, 0.15) is 5.82 Å². The van der Waals surface area contributed by atoms with Crippen molar-refractivity contribution in [1.82, 2.24) is 0 Å². The number of aliphatic hydroxyl groups is 1. The molecule has 1 heterocycles. The molecule has 0 saturated carbocycles. The van der Waals surface area contributed by atoms with Crippen LogP contribution in [-0.4, -0.2) is 11.0 Å². The number of carbonyl (C=O) groups excluding carboxylic acids is 1. The van der Waals surface area contributed by atoms with Gasteiger partial charge in [0.2, 0.25) is 5.91 Å². The number of carbonyl (C=O) groups is 1. The average molecular weight is 251 g/mol. The molecule has 2 rings (SSSR count). The summed E-state index contributed by atoms with van der Waals surface area (Å²) >= 11 is 0. The van der Waals surface area contributed by atoms with Crippen LogP contribution in [0.3, 0.4) is 0 Å². The molecule has 1 amide bonds. The van der Waals surface area contributed by atoms with Crippen molar-refractivity contribution >= 4 is 11.6 Å². The minimum Gasteiger partial charge on any atom is -0.388 e. The molecule has 0 spiro atoms. The van der Waals surface area contributed by atoms with E-state index in [0.29, 0.717) is 36.4 Å². The third-order valence-corrected chi connectivity index (χ3v) is 3.17. The van der Waals surface area contributed by atoms with E-state index in [9.17, 15) is 14.3 Å². The number of hydrogen-bond acceptors (Lipinski definition) is 2. The number of halogens is 1. The molecule has 0 radical (unpaired) electrons. The van der Waals surface area contributed by atoms with Crippen molar-refractivity contribution in [3.05, 3.63) is 29.1 Å². The zero-order chi connectivity index (χ0) is 13.3. The second kappa shape index (κ2) is 5.06. The number of aryl methyl sites for hydroxylation is 1. The molecule has 1 aromatic rings. The van der Waals surface area contributed by atoms with Crippen molar-refractivity contribution in [1.29, 1.82) is 0 Å². The van der Waals surface area contributed by atoms with Crippen LogP contribution in [0.1, 0.15) is 43.9 Å². The Morgan fingerprint density at radius 1 is 1.39 bits per heavy atom. The molecule has 98 valence electrons. The van der Waals surface area contributed by atoms with E-state index in [1.807, 2.05) is 13.8 Å². The summed E-state index contributed by atoms with van der Waals surface area (Å²) in [6.45, 7) is 3.97. The van der Waals surface area contributed by atoms with E-state index >= 15 is 0 Å². The molecular weight excluding hydrogens is 233 g/mol. The summed E-state index contributed by atoms with van der Waals surface area (Å²) in [7, 11) is 0. The Balaban J connectivity index is 2.30. The second-order valence-electron chi connectivity index (χ2n) is 5.22. The van der Waals surface area contributed by atoms with Gasteiger partial charge in [-0.15, -0.1) is 0 Å². The highest BCUT2D eigenvalue weighted by molar-refractivity contribution is 5.93. The standard InChI is InChI=1S/C14H18FNO2/c1-8(2)5-13(17)10-6-9-3-4-14(18)16-12(9)7-11(10)15/h6-8,13,17H,3-5H2,1-2H3,(H,16,18). The van der Waals surface area contributed by atoms with Crippen molar-refractivity contribution in [2.45, 2.75) is 39.2 Å². The van der Waals surface area contributed by atoms with Gasteiger partial charge in [-0.25, -0.2) is 4.39 Å². The van der Waals surface area contributed by atoms with Gasteiger partial charge in [-0.05, 0) is 36.5 Å². The molecule has 3 nitrogen and oxygen atoms in total. The number of rotatable bonds is 3. The Bertz CT molecular complexity index is 471. The molecule has 0 aliphatic carbocycles. The quantitative estimate of drug-likeness (QED) is 0.867. The zero-order valence-electron chi connectivity index (χ0n) is 10.7. The first-order valence-electron chi connectivity index (χ1n) is 6.27. The monoisotopic (exact) mass is 251 g/mol. The van der Waals surface area contributed by atoms with Crippen molar-refractivity contribution in [2.75, 3.05) is 5.32 Å². The summed E-state index contributed by atoms with van der Waals surface area (Å²) in [5, 5.41) is 12.6. The average Bonchev–Trinajstić information content (AvgIpc) is 2.26. The predicted octanol–water partition coefficient (Wildman–Crippen LogP) is 2.79. The summed E-state index contributed by atoms with van der Waals surface area (Å²) in [5.74, 6) is -0.239. The van der Waals surface area contributed by atoms with Crippen LogP contribution in [0.5, 0.6) is 0 Å². The van der Waals surface area contributed by atoms with Gasteiger partial charge in [-0.2, -0.15) is 0 Å². The molecule has 18 heavy (non-hydrogen) atoms. The summed E-state index contributed by atoms with van der Waals surface area (Å²) in [4.78, 5) is 11.2. The fourth-order valence-corrected chi connectivity index (χ4v) is 2.25. The van der Waals surface area contributed by atoms with E-state index in [0.717, 1.165) is 5.56 Å². The van der Waals surface area contributed by atoms with E-state index in [-0.39, 0.29) is 5.91 Å². The van der Waals surface area contributed by atoms with Crippen molar-refractivity contribution < 1.29 is 14.3 Å². The highest BCUT2D eigenvalue weighted by atomic mass is 19.1. The Morgan fingerprint density at radius 2 is 2.11 bits per heavy atom. The SMILES string of the molecule is CC(C)CC(O)c1cc2c(cc1F)NC(=O)CC2. The molecular formula is C14H18FNO2. The molecule has 4 heteroatoms. The van der Waals surface area contributed by atoms with Crippen molar-refractivity contribution in [2.24, 2.45) is 5.92 Å². The number of aliphatic hydroxyl groups excluding tert-OH is 1. The first-order chi connectivity index (χ1) is 8.47. The maximum absolute atomic E-state index is 13.9. The van der Waals surface area contributed by atoms with Crippen molar-refractivity contribution in [3.63, 3.8) is 0 Å². The summed E-state index contributed by atoms with van der Waals surface area (Å²) in [6, 6.07) is 2.99. The lowest BCUT2D eigenvalue weighted by atomic mass is 9.94. The third-order valence-electron chi connectivity index (χ3n) is 3.17. The van der Waals surface area contributed by atoms with E-state index in [2.05, 4.69) is 5.32 Å². The molecule has 0 bridgehead atoms. The van der Waals surface area contributed by atoms with Crippen LogP contribution in [0.25, 0.3) is 0 Å². The third kappa shape index (κ3) is 2.70. The maximum Gasteiger partial charge on any atom is 0.224 e. The Kier molecular flexibility index (Phi) is 3.66. The molecule has 1 aromatic carbocycles. The van der Waals surface area contributed by atoms with Crippen molar-refractivity contribution in [3.8, 4) is 0 Å². The lowest BCUT2D eigenvalue weighted by Gasteiger charge is -2.20. The minimum absolute atomic E-state index is 0.0858. The summed E-state index contributed by atoms with van der Waals surface area (Å²) in [5.41, 5.74) is 1.76. The number of nitrogens with one attached hydrogen (secondary N) is 1. The smallest absolute Gasteiger partial charge is 0.224 e. The number of fused-ring (bicyclic) bond motifs is 1. The lowest BCUT2D eigenvalue weighted by Crippen LogP contribution is -2.20. The van der Waals surface area contributed by atoms with Crippen LogP contribution in [0, 0.1) is 11.7 Å². The Labute approximate surface area is 106 Å². The van der Waals surface area contributed by atoms with Gasteiger partial charge in [-0.1, -0.05) is 13.8 Å². The molecule has 1 aliphatic rings. The van der Waals surface area contributed by atoms with Crippen LogP contribution < -0.4 is 5.32 Å². The molecule has 0 saturated heterocycles. The van der Waals surface area contributed by atoms with Crippen LogP contribution in [0.4, 0.5) is 10.1 Å². The number of benzene rings is 1. The van der Waals surface area contributed by atoms with Gasteiger partial charge in [-0.3, -0.25) is 4.79 Å². The largest absolute Gasteiger partial charge is 0.388 e. The van der Waals surface area contributed by atoms with E-state index in [1.54, 1.807) is 6.07 Å². The van der Waals surface area contributed by atoms with Crippen LogP contribution in [-0.2, 0) is 11.2 Å². The molecule has 2 N–H and O–H groups in total. The topological polar surface area (TPSA) is 49.3 Å². The highest BCUT2D eigenvalue weighted by Gasteiger charge is 2.21. The minimum atomic E-state index is -0.784. The van der Waals surface area contributed by atoms with Crippen LogP contribution >= 0.6 is 0 Å². The Morgan fingerprint density at radius 3 is 2.78 bits per heavy atom. The number of amides is 1. The van der Waals surface area contributed by atoms with Crippen LogP contribution in [0.2, 0.25) is 0 Å². The van der Waals surface area contributed by atoms with E-state index in [4.69, 9.17) is 0 Å². The normalized spacial score (nSPS) is 16.4. The summed E-state index contributed by atoms with van der Waals surface area (Å²) in [6.07, 6.45) is 0.761. The van der Waals surface area contributed by atoms with E-state index in [1.165, 1.54) is 6.07 Å². The number of anilines is 1. The van der Waals surface area contributed by atoms with Gasteiger partial charge >= 0.3 is 0 Å². The maximum atomic E-state index is 13.9. The van der Waals surface area contributed by atoms with Gasteiger partial charge in [0.05, 0.1) is 6.10 Å². The van der Waals surface area contributed by atoms with Crippen LogP contribution in [0.15, 0.2) is 12.1 Å². The van der Waals surface area contributed by atoms with Gasteiger partial charge in [0.25, 0.3) is 0 Å².